The van der Waals surface area contributed by atoms with Gasteiger partial charge in [0.05, 0.1) is 25.9 Å². The number of carbonyl (C=O) groups is 1. The van der Waals surface area contributed by atoms with E-state index in [0.29, 0.717) is 31.7 Å². The van der Waals surface area contributed by atoms with E-state index in [2.05, 4.69) is 13.8 Å². The maximum absolute atomic E-state index is 13.5. The van der Waals surface area contributed by atoms with Crippen molar-refractivity contribution in [3.8, 4) is 0 Å². The number of rotatable bonds is 8. The molecule has 35 heavy (non-hydrogen) atoms. The lowest BCUT2D eigenvalue weighted by Gasteiger charge is -2.41. The Morgan fingerprint density at radius 2 is 1.54 bits per heavy atom. The number of carbonyl (C=O) groups excluding carboxylic acids is 1. The zero-order valence-electron chi connectivity index (χ0n) is 20.6. The lowest BCUT2D eigenvalue weighted by molar-refractivity contribution is -0.0184. The molecule has 3 aromatic carbocycles. The first-order valence-corrected chi connectivity index (χ1v) is 14.2. The second-order valence-electron chi connectivity index (χ2n) is 9.89. The second kappa shape index (κ2) is 10.9. The summed E-state index contributed by atoms with van der Waals surface area (Å²) in [6, 6.07) is 27.4. The Kier molecular flexibility index (Phi) is 7.87. The van der Waals surface area contributed by atoms with Crippen LogP contribution in [0.2, 0.25) is 5.04 Å². The van der Waals surface area contributed by atoms with Crippen LogP contribution in [0.1, 0.15) is 36.2 Å². The Bertz CT molecular complexity index is 1080. The van der Waals surface area contributed by atoms with Crippen LogP contribution in [0, 0.1) is 0 Å². The van der Waals surface area contributed by atoms with E-state index in [4.69, 9.17) is 4.74 Å². The minimum Gasteiger partial charge on any atom is -0.424 e. The zero-order chi connectivity index (χ0) is 24.9. The fraction of sp³-hybridized carbons (Fsp3) is 0.345. The van der Waals surface area contributed by atoms with Crippen LogP contribution < -0.4 is 10.4 Å². The number of amides is 1. The minimum absolute atomic E-state index is 0.0700. The molecular formula is C29H35NO4Si. The highest BCUT2D eigenvalue weighted by Gasteiger charge is 2.49. The van der Waals surface area contributed by atoms with Crippen LogP contribution in [0.25, 0.3) is 0 Å². The van der Waals surface area contributed by atoms with Crippen molar-refractivity contribution in [1.82, 2.24) is 4.90 Å². The van der Waals surface area contributed by atoms with Crippen molar-refractivity contribution in [1.29, 1.82) is 0 Å². The Morgan fingerprint density at radius 1 is 0.971 bits per heavy atom. The van der Waals surface area contributed by atoms with Gasteiger partial charge >= 0.3 is 0 Å². The van der Waals surface area contributed by atoms with Crippen molar-refractivity contribution in [2.45, 2.75) is 37.8 Å². The molecule has 0 aliphatic carbocycles. The van der Waals surface area contributed by atoms with Gasteiger partial charge in [0.2, 0.25) is 0 Å². The number of aliphatic hydroxyl groups excluding tert-OH is 1. The Balaban J connectivity index is 1.63. The summed E-state index contributed by atoms with van der Waals surface area (Å²) in [5.74, 6) is -0.0700. The number of ether oxygens (including phenoxy) is 1. The van der Waals surface area contributed by atoms with Gasteiger partial charge in [0.1, 0.15) is 0 Å². The number of morpholine rings is 1. The lowest BCUT2D eigenvalue weighted by Crippen LogP contribution is -2.65. The van der Waals surface area contributed by atoms with Gasteiger partial charge in [-0.2, -0.15) is 0 Å². The van der Waals surface area contributed by atoms with Gasteiger partial charge in [-0.25, -0.2) is 0 Å². The SMILES string of the molecule is CC(C)(CCc1ccccc1C(=O)N1CCOC[C@H]1CO)[Si](O)(c1ccccc1)c1ccccc1. The van der Waals surface area contributed by atoms with Crippen LogP contribution in [-0.4, -0.2) is 61.4 Å². The summed E-state index contributed by atoms with van der Waals surface area (Å²) in [7, 11) is -3.12. The van der Waals surface area contributed by atoms with Crippen molar-refractivity contribution in [2.75, 3.05) is 26.4 Å². The summed E-state index contributed by atoms with van der Waals surface area (Å²) in [5, 5.41) is 11.3. The van der Waals surface area contributed by atoms with E-state index in [1.54, 1.807) is 4.90 Å². The summed E-state index contributed by atoms with van der Waals surface area (Å²) < 4.78 is 5.46. The Morgan fingerprint density at radius 3 is 2.14 bits per heavy atom. The van der Waals surface area contributed by atoms with E-state index in [-0.39, 0.29) is 18.6 Å². The van der Waals surface area contributed by atoms with E-state index in [9.17, 15) is 14.7 Å². The van der Waals surface area contributed by atoms with Crippen LogP contribution in [0.15, 0.2) is 84.9 Å². The van der Waals surface area contributed by atoms with E-state index >= 15 is 0 Å². The molecule has 4 rings (SSSR count). The van der Waals surface area contributed by atoms with Crippen molar-refractivity contribution < 1.29 is 19.4 Å². The predicted molar refractivity (Wildman–Crippen MR) is 142 cm³/mol. The second-order valence-corrected chi connectivity index (χ2v) is 13.8. The minimum atomic E-state index is -3.12. The summed E-state index contributed by atoms with van der Waals surface area (Å²) >= 11 is 0. The molecule has 1 fully saturated rings. The number of hydrogen-bond donors (Lipinski definition) is 2. The molecule has 1 atom stereocenters. The normalized spacial score (nSPS) is 16.8. The van der Waals surface area contributed by atoms with Crippen molar-refractivity contribution >= 4 is 24.6 Å². The van der Waals surface area contributed by atoms with Gasteiger partial charge in [-0.3, -0.25) is 4.79 Å². The van der Waals surface area contributed by atoms with Gasteiger partial charge in [-0.1, -0.05) is 92.7 Å². The molecule has 0 unspecified atom stereocenters. The molecule has 0 aromatic heterocycles. The largest absolute Gasteiger partial charge is 0.424 e. The molecule has 3 aromatic rings. The molecule has 2 N–H and O–H groups in total. The highest BCUT2D eigenvalue weighted by molar-refractivity contribution is 6.98. The molecule has 0 radical (unpaired) electrons. The van der Waals surface area contributed by atoms with Crippen LogP contribution in [-0.2, 0) is 11.2 Å². The zero-order valence-corrected chi connectivity index (χ0v) is 21.6. The summed E-state index contributed by atoms with van der Waals surface area (Å²) in [6.07, 6.45) is 1.38. The number of hydrogen-bond acceptors (Lipinski definition) is 4. The molecule has 0 spiro atoms. The van der Waals surface area contributed by atoms with Gasteiger partial charge in [0.25, 0.3) is 14.2 Å². The third-order valence-electron chi connectivity index (χ3n) is 7.33. The van der Waals surface area contributed by atoms with Gasteiger partial charge in [-0.15, -0.1) is 0 Å². The maximum atomic E-state index is 13.5. The molecule has 5 nitrogen and oxygen atoms in total. The highest BCUT2D eigenvalue weighted by atomic mass is 28.4. The number of nitrogens with zero attached hydrogens (tertiary/aromatic N) is 1. The number of aliphatic hydroxyl groups is 1. The van der Waals surface area contributed by atoms with Crippen LogP contribution in [0.5, 0.6) is 0 Å². The molecule has 1 heterocycles. The van der Waals surface area contributed by atoms with Gasteiger partial charge in [0, 0.05) is 12.1 Å². The number of aryl methyl sites for hydroxylation is 1. The van der Waals surface area contributed by atoms with E-state index in [1.165, 1.54) is 0 Å². The molecule has 6 heteroatoms. The van der Waals surface area contributed by atoms with Crippen LogP contribution in [0.3, 0.4) is 0 Å². The van der Waals surface area contributed by atoms with E-state index < -0.39 is 13.4 Å². The standard InChI is InChI=1S/C29H35NO4Si/c1-29(2,35(33,25-12-5-3-6-13-25)26-14-7-4-8-15-26)18-17-23-11-9-10-16-27(23)28(32)30-19-20-34-22-24(30)21-31/h3-16,24,31,33H,17-22H2,1-2H3/t24-/m1/s1. The molecule has 0 bridgehead atoms. The monoisotopic (exact) mass is 489 g/mol. The predicted octanol–water partition coefficient (Wildman–Crippen LogP) is 2.98. The molecule has 1 aliphatic rings. The quantitative estimate of drug-likeness (QED) is 0.478. The molecule has 1 aliphatic heterocycles. The Hall–Kier alpha value is -2.77. The first-order chi connectivity index (χ1) is 16.9. The lowest BCUT2D eigenvalue weighted by atomic mass is 9.96. The van der Waals surface area contributed by atoms with Crippen molar-refractivity contribution in [3.63, 3.8) is 0 Å². The van der Waals surface area contributed by atoms with Crippen molar-refractivity contribution in [2.24, 2.45) is 0 Å². The van der Waals surface area contributed by atoms with Crippen LogP contribution in [0.4, 0.5) is 0 Å². The summed E-state index contributed by atoms with van der Waals surface area (Å²) in [6.45, 7) is 5.47. The first-order valence-electron chi connectivity index (χ1n) is 12.3. The third-order valence-corrected chi connectivity index (χ3v) is 11.9. The molecule has 184 valence electrons. The fourth-order valence-electron chi connectivity index (χ4n) is 5.11. The van der Waals surface area contributed by atoms with Crippen LogP contribution >= 0.6 is 0 Å². The smallest absolute Gasteiger partial charge is 0.258 e. The number of benzene rings is 3. The van der Waals surface area contributed by atoms with Gasteiger partial charge in [0.15, 0.2) is 0 Å². The first kappa shape index (κ1) is 25.3. The van der Waals surface area contributed by atoms with Gasteiger partial charge in [-0.05, 0) is 39.9 Å². The molecular weight excluding hydrogens is 454 g/mol. The Labute approximate surface area is 209 Å². The topological polar surface area (TPSA) is 70.0 Å². The van der Waals surface area contributed by atoms with Crippen molar-refractivity contribution in [3.05, 3.63) is 96.1 Å². The maximum Gasteiger partial charge on any atom is 0.258 e. The average Bonchev–Trinajstić information content (AvgIpc) is 2.92. The molecule has 0 saturated carbocycles. The fourth-order valence-corrected chi connectivity index (χ4v) is 8.84. The molecule has 1 saturated heterocycles. The third kappa shape index (κ3) is 5.11. The van der Waals surface area contributed by atoms with Gasteiger partial charge < -0.3 is 19.5 Å². The summed E-state index contributed by atoms with van der Waals surface area (Å²) in [4.78, 5) is 27.6. The molecule has 1 amide bonds. The highest BCUT2D eigenvalue weighted by Crippen LogP contribution is 2.40. The average molecular weight is 490 g/mol. The summed E-state index contributed by atoms with van der Waals surface area (Å²) in [5.41, 5.74) is 1.62. The van der Waals surface area contributed by atoms with E-state index in [1.807, 2.05) is 84.9 Å². The van der Waals surface area contributed by atoms with E-state index in [0.717, 1.165) is 22.4 Å².